The highest BCUT2D eigenvalue weighted by Crippen LogP contribution is 2.47. The molecular weight excluding hydrogens is 447 g/mol. The van der Waals surface area contributed by atoms with Crippen molar-refractivity contribution in [3.8, 4) is 0 Å². The van der Waals surface area contributed by atoms with Crippen molar-refractivity contribution in [2.75, 3.05) is 6.61 Å². The number of Topliss-reactive ketones (excluding diaryl/α,β-unsaturated/α-hetero) is 1. The smallest absolute Gasteiger partial charge is 0.391 e. The molecule has 0 aromatic rings. The first-order valence-electron chi connectivity index (χ1n) is 12.7. The van der Waals surface area contributed by atoms with Crippen LogP contribution in [-0.4, -0.2) is 36.7 Å². The number of hydrogen-bond acceptors (Lipinski definition) is 5. The lowest BCUT2D eigenvalue weighted by atomic mass is 9.69. The first-order valence-corrected chi connectivity index (χ1v) is 12.7. The topological polar surface area (TPSA) is 78.6 Å². The van der Waals surface area contributed by atoms with Gasteiger partial charge in [-0.3, -0.25) is 9.59 Å². The number of fused-ring (bicyclic) bond motifs is 1. The predicted octanol–water partition coefficient (Wildman–Crippen LogP) is 5.24. The van der Waals surface area contributed by atoms with Gasteiger partial charge in [-0.2, -0.15) is 13.2 Å². The van der Waals surface area contributed by atoms with E-state index in [1.165, 1.54) is 0 Å². The Labute approximate surface area is 199 Å². The van der Waals surface area contributed by atoms with Gasteiger partial charge in [0.1, 0.15) is 11.9 Å². The van der Waals surface area contributed by atoms with Crippen LogP contribution in [0.4, 0.5) is 13.2 Å². The molecule has 0 aromatic carbocycles. The van der Waals surface area contributed by atoms with Crippen LogP contribution in [-0.2, 0) is 19.1 Å². The Bertz CT molecular complexity index is 857. The average Bonchev–Trinajstić information content (AvgIpc) is 2.80. The molecular formula is C26H36F3NO4. The SMILES string of the molecule is CCOC(=O)[C@H]1CC2=C(CCC(C)[C@H]1N)O[C@@H]1CC=C(C3CCC(C(F)(F)F)CC3)C[C@@H]1C2=O. The minimum absolute atomic E-state index is 0.0110. The highest BCUT2D eigenvalue weighted by atomic mass is 19.4. The molecule has 0 spiro atoms. The molecule has 5 nitrogen and oxygen atoms in total. The van der Waals surface area contributed by atoms with Gasteiger partial charge >= 0.3 is 12.1 Å². The summed E-state index contributed by atoms with van der Waals surface area (Å²) in [5.41, 5.74) is 8.08. The van der Waals surface area contributed by atoms with E-state index in [0.717, 1.165) is 12.0 Å². The van der Waals surface area contributed by atoms with Crippen LogP contribution in [0.3, 0.4) is 0 Å². The van der Waals surface area contributed by atoms with E-state index in [2.05, 4.69) is 6.08 Å². The fraction of sp³-hybridized carbons (Fsp3) is 0.769. The minimum Gasteiger partial charge on any atom is -0.493 e. The molecule has 2 N–H and O–H groups in total. The standard InChI is InChI=1S/C26H36F3NO4/c1-3-33-25(32)20-13-19-21(10-4-14(2)23(20)30)34-22-11-7-16(12-18(22)24(19)31)15-5-8-17(9-6-15)26(27,28)29/h7,14-15,17-18,20,22-23H,3-6,8-13,30H2,1-2H3/t14?,15?,17?,18-,20-,22+,23+/m0/s1. The molecule has 4 rings (SSSR count). The van der Waals surface area contributed by atoms with Crippen molar-refractivity contribution >= 4 is 11.8 Å². The number of allylic oxidation sites excluding steroid dienone is 3. The third-order valence-electron chi connectivity index (χ3n) is 8.46. The lowest BCUT2D eigenvalue weighted by Crippen LogP contribution is -2.46. The van der Waals surface area contributed by atoms with Crippen LogP contribution < -0.4 is 5.73 Å². The fourth-order valence-electron chi connectivity index (χ4n) is 6.25. The Morgan fingerprint density at radius 1 is 1.18 bits per heavy atom. The summed E-state index contributed by atoms with van der Waals surface area (Å²) in [4.78, 5) is 26.4. The Kier molecular flexibility index (Phi) is 7.46. The van der Waals surface area contributed by atoms with Crippen molar-refractivity contribution in [1.82, 2.24) is 0 Å². The number of alkyl halides is 3. The molecule has 1 heterocycles. The summed E-state index contributed by atoms with van der Waals surface area (Å²) in [5.74, 6) is -1.66. The molecule has 1 saturated carbocycles. The second-order valence-corrected chi connectivity index (χ2v) is 10.5. The number of rotatable bonds is 3. The van der Waals surface area contributed by atoms with E-state index in [0.29, 0.717) is 43.4 Å². The lowest BCUT2D eigenvalue weighted by molar-refractivity contribution is -0.183. The van der Waals surface area contributed by atoms with Gasteiger partial charge in [0.15, 0.2) is 5.78 Å². The maximum Gasteiger partial charge on any atom is 0.391 e. The van der Waals surface area contributed by atoms with Gasteiger partial charge in [0.2, 0.25) is 0 Å². The molecule has 34 heavy (non-hydrogen) atoms. The predicted molar refractivity (Wildman–Crippen MR) is 120 cm³/mol. The Hall–Kier alpha value is -1.83. The van der Waals surface area contributed by atoms with Gasteiger partial charge in [-0.15, -0.1) is 0 Å². The molecule has 1 fully saturated rings. The van der Waals surface area contributed by atoms with Crippen LogP contribution in [0.15, 0.2) is 23.0 Å². The van der Waals surface area contributed by atoms with Gasteiger partial charge in [-0.25, -0.2) is 0 Å². The molecule has 0 radical (unpaired) electrons. The average molecular weight is 484 g/mol. The Balaban J connectivity index is 1.49. The van der Waals surface area contributed by atoms with Crippen LogP contribution in [0.5, 0.6) is 0 Å². The molecule has 3 aliphatic carbocycles. The lowest BCUT2D eigenvalue weighted by Gasteiger charge is -2.41. The zero-order chi connectivity index (χ0) is 24.6. The number of esters is 1. The first-order chi connectivity index (χ1) is 16.1. The van der Waals surface area contributed by atoms with Gasteiger partial charge in [-0.1, -0.05) is 18.6 Å². The molecule has 190 valence electrons. The number of carbonyl (C=O) groups is 2. The normalized spacial score (nSPS) is 36.9. The van der Waals surface area contributed by atoms with Crippen molar-refractivity contribution in [2.45, 2.75) is 90.0 Å². The molecule has 0 bridgehead atoms. The zero-order valence-corrected chi connectivity index (χ0v) is 20.0. The van der Waals surface area contributed by atoms with Crippen molar-refractivity contribution in [2.24, 2.45) is 35.3 Å². The number of ketones is 1. The van der Waals surface area contributed by atoms with Gasteiger partial charge in [-0.05, 0) is 63.7 Å². The van der Waals surface area contributed by atoms with E-state index in [4.69, 9.17) is 15.2 Å². The summed E-state index contributed by atoms with van der Waals surface area (Å²) in [5, 5.41) is 0. The van der Waals surface area contributed by atoms with E-state index in [9.17, 15) is 22.8 Å². The third-order valence-corrected chi connectivity index (χ3v) is 8.46. The van der Waals surface area contributed by atoms with Gasteiger partial charge in [0.05, 0.1) is 24.4 Å². The van der Waals surface area contributed by atoms with Gasteiger partial charge in [0.25, 0.3) is 0 Å². The monoisotopic (exact) mass is 483 g/mol. The highest BCUT2D eigenvalue weighted by Gasteiger charge is 2.46. The van der Waals surface area contributed by atoms with Gasteiger partial charge < -0.3 is 15.2 Å². The number of carbonyl (C=O) groups excluding carboxylic acids is 2. The summed E-state index contributed by atoms with van der Waals surface area (Å²) in [7, 11) is 0. The molecule has 0 saturated heterocycles. The quantitative estimate of drug-likeness (QED) is 0.439. The van der Waals surface area contributed by atoms with Crippen molar-refractivity contribution < 1.29 is 32.2 Å². The molecule has 4 aliphatic rings. The van der Waals surface area contributed by atoms with Crippen molar-refractivity contribution in [3.05, 3.63) is 23.0 Å². The van der Waals surface area contributed by atoms with Crippen LogP contribution in [0, 0.1) is 29.6 Å². The molecule has 5 atom stereocenters. The van der Waals surface area contributed by atoms with Crippen LogP contribution in [0.25, 0.3) is 0 Å². The van der Waals surface area contributed by atoms with Crippen molar-refractivity contribution in [1.29, 1.82) is 0 Å². The third kappa shape index (κ3) is 5.07. The van der Waals surface area contributed by atoms with E-state index >= 15 is 0 Å². The Morgan fingerprint density at radius 3 is 2.53 bits per heavy atom. The van der Waals surface area contributed by atoms with E-state index < -0.39 is 24.1 Å². The summed E-state index contributed by atoms with van der Waals surface area (Å²) < 4.78 is 50.8. The first kappa shape index (κ1) is 25.3. The summed E-state index contributed by atoms with van der Waals surface area (Å²) >= 11 is 0. The summed E-state index contributed by atoms with van der Waals surface area (Å²) in [6, 6.07) is -0.399. The maximum atomic E-state index is 13.7. The number of ether oxygens (including phenoxy) is 2. The molecule has 0 amide bonds. The summed E-state index contributed by atoms with van der Waals surface area (Å²) in [6.07, 6.45) is 1.72. The van der Waals surface area contributed by atoms with Crippen LogP contribution in [0.2, 0.25) is 0 Å². The van der Waals surface area contributed by atoms with Crippen LogP contribution >= 0.6 is 0 Å². The van der Waals surface area contributed by atoms with E-state index in [1.54, 1.807) is 6.92 Å². The number of halogens is 3. The van der Waals surface area contributed by atoms with E-state index in [1.807, 2.05) is 6.92 Å². The van der Waals surface area contributed by atoms with E-state index in [-0.39, 0.29) is 61.5 Å². The molecule has 0 aromatic heterocycles. The zero-order valence-electron chi connectivity index (χ0n) is 20.0. The molecule has 1 unspecified atom stereocenters. The summed E-state index contributed by atoms with van der Waals surface area (Å²) in [6.45, 7) is 4.01. The maximum absolute atomic E-state index is 13.7. The second-order valence-electron chi connectivity index (χ2n) is 10.5. The highest BCUT2D eigenvalue weighted by molar-refractivity contribution is 5.99. The largest absolute Gasteiger partial charge is 0.493 e. The minimum atomic E-state index is -4.13. The molecule has 1 aliphatic heterocycles. The molecule has 8 heteroatoms. The number of hydrogen-bond donors (Lipinski definition) is 1. The van der Waals surface area contributed by atoms with Crippen LogP contribution in [0.1, 0.15) is 71.6 Å². The number of nitrogens with two attached hydrogens (primary N) is 1. The Morgan fingerprint density at radius 2 is 1.88 bits per heavy atom. The van der Waals surface area contributed by atoms with Gasteiger partial charge in [0, 0.05) is 24.5 Å². The van der Waals surface area contributed by atoms with Crippen molar-refractivity contribution in [3.63, 3.8) is 0 Å². The fourth-order valence-corrected chi connectivity index (χ4v) is 6.25. The second kappa shape index (κ2) is 10.0.